The first-order chi connectivity index (χ1) is 10.5. The topological polar surface area (TPSA) is 18.5 Å². The monoisotopic (exact) mass is 376 g/mol. The second-order valence-corrected chi connectivity index (χ2v) is 6.63. The number of benzene rings is 2. The standard InChI is InChI=1S/C10H13ClO2S.C6H5ClS/c1-12-10(13-2)7-14-9-5-3-4-8(11)6-9;7-5-2-1-3-6(8)4-5/h3-6,10H,7H2,1-2H3;1-4,8H. The molecule has 0 amide bonds. The molecule has 0 heterocycles. The predicted molar refractivity (Wildman–Crippen MR) is 98.7 cm³/mol. The van der Waals surface area contributed by atoms with E-state index in [1.807, 2.05) is 42.5 Å². The van der Waals surface area contributed by atoms with Crippen molar-refractivity contribution in [3.05, 3.63) is 58.6 Å². The second-order valence-electron chi connectivity index (χ2n) is 4.15. The first-order valence-electron chi connectivity index (χ1n) is 6.43. The molecule has 0 N–H and O–H groups in total. The number of thioether (sulfide) groups is 1. The lowest BCUT2D eigenvalue weighted by Gasteiger charge is -2.12. The van der Waals surface area contributed by atoms with Crippen LogP contribution in [0, 0.1) is 0 Å². The van der Waals surface area contributed by atoms with E-state index in [0.29, 0.717) is 0 Å². The molecule has 120 valence electrons. The van der Waals surface area contributed by atoms with Crippen LogP contribution in [0.2, 0.25) is 10.0 Å². The van der Waals surface area contributed by atoms with E-state index in [9.17, 15) is 0 Å². The molecule has 0 aliphatic heterocycles. The van der Waals surface area contributed by atoms with Crippen LogP contribution >= 0.6 is 47.6 Å². The number of hydrogen-bond donors (Lipinski definition) is 1. The highest BCUT2D eigenvalue weighted by atomic mass is 35.5. The second kappa shape index (κ2) is 11.2. The number of ether oxygens (including phenoxy) is 2. The van der Waals surface area contributed by atoms with E-state index in [1.54, 1.807) is 32.0 Å². The molecule has 6 heteroatoms. The van der Waals surface area contributed by atoms with E-state index in [1.165, 1.54) is 0 Å². The minimum atomic E-state index is -0.168. The lowest BCUT2D eigenvalue weighted by atomic mass is 10.4. The average Bonchev–Trinajstić information content (AvgIpc) is 2.49. The molecule has 2 rings (SSSR count). The number of hydrogen-bond acceptors (Lipinski definition) is 4. The van der Waals surface area contributed by atoms with Crippen molar-refractivity contribution in [1.29, 1.82) is 0 Å². The number of rotatable bonds is 5. The van der Waals surface area contributed by atoms with E-state index in [2.05, 4.69) is 12.6 Å². The third kappa shape index (κ3) is 8.32. The summed E-state index contributed by atoms with van der Waals surface area (Å²) in [6.45, 7) is 0. The molecule has 0 fully saturated rings. The Morgan fingerprint density at radius 1 is 1.00 bits per heavy atom. The number of halogens is 2. The Hall–Kier alpha value is -0.360. The van der Waals surface area contributed by atoms with Crippen molar-refractivity contribution in [3.8, 4) is 0 Å². The van der Waals surface area contributed by atoms with Crippen LogP contribution in [0.3, 0.4) is 0 Å². The SMILES string of the molecule is COC(CSc1cccc(Cl)c1)OC.Sc1cccc(Cl)c1. The van der Waals surface area contributed by atoms with Crippen molar-refractivity contribution in [1.82, 2.24) is 0 Å². The fraction of sp³-hybridized carbons (Fsp3) is 0.250. The van der Waals surface area contributed by atoms with Gasteiger partial charge in [-0.2, -0.15) is 0 Å². The Morgan fingerprint density at radius 2 is 1.59 bits per heavy atom. The molecule has 22 heavy (non-hydrogen) atoms. The van der Waals surface area contributed by atoms with Crippen LogP contribution in [0.15, 0.2) is 58.3 Å². The number of methoxy groups -OCH3 is 2. The molecule has 0 aliphatic rings. The smallest absolute Gasteiger partial charge is 0.166 e. The van der Waals surface area contributed by atoms with Gasteiger partial charge >= 0.3 is 0 Å². The van der Waals surface area contributed by atoms with Gasteiger partial charge in [0.15, 0.2) is 6.29 Å². The van der Waals surface area contributed by atoms with E-state index < -0.39 is 0 Å². The summed E-state index contributed by atoms with van der Waals surface area (Å²) < 4.78 is 10.2. The molecule has 0 atom stereocenters. The zero-order chi connectivity index (χ0) is 16.4. The zero-order valence-electron chi connectivity index (χ0n) is 12.3. The lowest BCUT2D eigenvalue weighted by Crippen LogP contribution is -2.15. The van der Waals surface area contributed by atoms with E-state index >= 15 is 0 Å². The van der Waals surface area contributed by atoms with Gasteiger partial charge in [0.05, 0.1) is 0 Å². The van der Waals surface area contributed by atoms with Gasteiger partial charge in [-0.3, -0.25) is 0 Å². The summed E-state index contributed by atoms with van der Waals surface area (Å²) in [5.41, 5.74) is 0. The van der Waals surface area contributed by atoms with Gasteiger partial charge in [-0.15, -0.1) is 24.4 Å². The van der Waals surface area contributed by atoms with Crippen molar-refractivity contribution >= 4 is 47.6 Å². The summed E-state index contributed by atoms with van der Waals surface area (Å²) in [6, 6.07) is 15.1. The van der Waals surface area contributed by atoms with E-state index in [-0.39, 0.29) is 6.29 Å². The third-order valence-electron chi connectivity index (χ3n) is 2.52. The normalized spacial score (nSPS) is 10.3. The van der Waals surface area contributed by atoms with Gasteiger partial charge in [-0.25, -0.2) is 0 Å². The van der Waals surface area contributed by atoms with Crippen LogP contribution in [0.25, 0.3) is 0 Å². The van der Waals surface area contributed by atoms with Gasteiger partial charge in [-0.05, 0) is 36.4 Å². The van der Waals surface area contributed by atoms with Crippen LogP contribution in [-0.2, 0) is 9.47 Å². The van der Waals surface area contributed by atoms with Gasteiger partial charge in [0, 0.05) is 39.8 Å². The Balaban J connectivity index is 0.000000255. The molecule has 2 nitrogen and oxygen atoms in total. The van der Waals surface area contributed by atoms with E-state index in [0.717, 1.165) is 25.6 Å². The largest absolute Gasteiger partial charge is 0.355 e. The molecule has 0 aromatic heterocycles. The maximum absolute atomic E-state index is 5.85. The highest BCUT2D eigenvalue weighted by Crippen LogP contribution is 2.22. The van der Waals surface area contributed by atoms with Crippen molar-refractivity contribution in [2.45, 2.75) is 16.1 Å². The first-order valence-corrected chi connectivity index (χ1v) is 8.62. The van der Waals surface area contributed by atoms with E-state index in [4.69, 9.17) is 32.7 Å². The van der Waals surface area contributed by atoms with Crippen LogP contribution in [0.5, 0.6) is 0 Å². The molecule has 0 radical (unpaired) electrons. The fourth-order valence-electron chi connectivity index (χ4n) is 1.43. The van der Waals surface area contributed by atoms with Gasteiger partial charge < -0.3 is 9.47 Å². The van der Waals surface area contributed by atoms with Crippen LogP contribution < -0.4 is 0 Å². The zero-order valence-corrected chi connectivity index (χ0v) is 15.6. The number of thiol groups is 1. The Morgan fingerprint density at radius 3 is 2.05 bits per heavy atom. The molecule has 0 saturated heterocycles. The summed E-state index contributed by atoms with van der Waals surface area (Å²) in [6.07, 6.45) is -0.168. The summed E-state index contributed by atoms with van der Waals surface area (Å²) >= 11 is 17.2. The van der Waals surface area contributed by atoms with Crippen molar-refractivity contribution < 1.29 is 9.47 Å². The molecule has 2 aromatic carbocycles. The maximum atomic E-state index is 5.85. The summed E-state index contributed by atoms with van der Waals surface area (Å²) in [5, 5.41) is 1.49. The van der Waals surface area contributed by atoms with Crippen molar-refractivity contribution in [3.63, 3.8) is 0 Å². The lowest BCUT2D eigenvalue weighted by molar-refractivity contribution is -0.0842. The quantitative estimate of drug-likeness (QED) is 0.411. The molecule has 0 unspecified atom stereocenters. The molecule has 0 saturated carbocycles. The Labute approximate surface area is 151 Å². The molecule has 0 spiro atoms. The van der Waals surface area contributed by atoms with Gasteiger partial charge in [-0.1, -0.05) is 35.3 Å². The maximum Gasteiger partial charge on any atom is 0.166 e. The molecule has 2 aromatic rings. The first kappa shape index (κ1) is 19.7. The minimum absolute atomic E-state index is 0.168. The highest BCUT2D eigenvalue weighted by Gasteiger charge is 2.05. The Kier molecular flexibility index (Phi) is 10.0. The molecular formula is C16H18Cl2O2S2. The van der Waals surface area contributed by atoms with Crippen LogP contribution in [0.4, 0.5) is 0 Å². The predicted octanol–water partition coefficient (Wildman–Crippen LogP) is 5.68. The van der Waals surface area contributed by atoms with Gasteiger partial charge in [0.2, 0.25) is 0 Å². The van der Waals surface area contributed by atoms with Gasteiger partial charge in [0.25, 0.3) is 0 Å². The Bertz CT molecular complexity index is 546. The third-order valence-corrected chi connectivity index (χ3v) is 4.29. The van der Waals surface area contributed by atoms with Crippen LogP contribution in [0.1, 0.15) is 0 Å². The average molecular weight is 377 g/mol. The van der Waals surface area contributed by atoms with Gasteiger partial charge in [0.1, 0.15) is 0 Å². The molecular weight excluding hydrogens is 359 g/mol. The summed E-state index contributed by atoms with van der Waals surface area (Å²) in [7, 11) is 3.26. The summed E-state index contributed by atoms with van der Waals surface area (Å²) in [5.74, 6) is 0.757. The molecule has 0 bridgehead atoms. The molecule has 0 aliphatic carbocycles. The fourth-order valence-corrected chi connectivity index (χ4v) is 3.16. The van der Waals surface area contributed by atoms with Crippen LogP contribution in [-0.4, -0.2) is 26.3 Å². The highest BCUT2D eigenvalue weighted by molar-refractivity contribution is 7.99. The summed E-state index contributed by atoms with van der Waals surface area (Å²) in [4.78, 5) is 2.02. The van der Waals surface area contributed by atoms with Crippen molar-refractivity contribution in [2.24, 2.45) is 0 Å². The minimum Gasteiger partial charge on any atom is -0.355 e. The van der Waals surface area contributed by atoms with Crippen molar-refractivity contribution in [2.75, 3.05) is 20.0 Å².